The van der Waals surface area contributed by atoms with Gasteiger partial charge in [-0.05, 0) is 19.1 Å². The van der Waals surface area contributed by atoms with E-state index in [9.17, 15) is 8.78 Å². The van der Waals surface area contributed by atoms with Crippen molar-refractivity contribution in [3.05, 3.63) is 29.8 Å². The summed E-state index contributed by atoms with van der Waals surface area (Å²) in [5, 5.41) is 0. The van der Waals surface area contributed by atoms with Gasteiger partial charge in [0.1, 0.15) is 11.6 Å². The van der Waals surface area contributed by atoms with Gasteiger partial charge in [-0.2, -0.15) is 0 Å². The predicted octanol–water partition coefficient (Wildman–Crippen LogP) is 2.19. The van der Waals surface area contributed by atoms with E-state index in [2.05, 4.69) is 0 Å². The van der Waals surface area contributed by atoms with Crippen LogP contribution in [0, 0.1) is 11.6 Å². The summed E-state index contributed by atoms with van der Waals surface area (Å²) in [7, 11) is 0. The molecule has 0 amide bonds. The highest BCUT2D eigenvalue weighted by Crippen LogP contribution is 2.22. The van der Waals surface area contributed by atoms with Crippen molar-refractivity contribution < 1.29 is 13.5 Å². The van der Waals surface area contributed by atoms with E-state index in [0.29, 0.717) is 25.4 Å². The van der Waals surface area contributed by atoms with Crippen molar-refractivity contribution in [1.82, 2.24) is 0 Å². The summed E-state index contributed by atoms with van der Waals surface area (Å²) in [5.41, 5.74) is 0.324. The fourth-order valence-electron chi connectivity index (χ4n) is 1.77. The molecule has 0 radical (unpaired) electrons. The van der Waals surface area contributed by atoms with Gasteiger partial charge in [0, 0.05) is 19.2 Å². The number of rotatable bonds is 1. The zero-order valence-electron chi connectivity index (χ0n) is 8.54. The maximum absolute atomic E-state index is 13.4. The standard InChI is InChI=1S/C11H13F2NO/c1-8-7-14(4-5-15-8)11-6-9(12)2-3-10(11)13/h2-3,6,8H,4-5,7H2,1H3. The van der Waals surface area contributed by atoms with Crippen molar-refractivity contribution in [2.75, 3.05) is 24.6 Å². The fourth-order valence-corrected chi connectivity index (χ4v) is 1.77. The van der Waals surface area contributed by atoms with E-state index in [1.165, 1.54) is 6.07 Å². The third-order valence-electron chi connectivity index (χ3n) is 2.49. The zero-order valence-corrected chi connectivity index (χ0v) is 8.54. The van der Waals surface area contributed by atoms with Crippen LogP contribution in [0.2, 0.25) is 0 Å². The van der Waals surface area contributed by atoms with Crippen molar-refractivity contribution in [1.29, 1.82) is 0 Å². The van der Waals surface area contributed by atoms with Crippen LogP contribution in [0.1, 0.15) is 6.92 Å². The van der Waals surface area contributed by atoms with E-state index in [1.54, 1.807) is 0 Å². The van der Waals surface area contributed by atoms with E-state index in [0.717, 1.165) is 12.1 Å². The van der Waals surface area contributed by atoms with Crippen LogP contribution in [0.15, 0.2) is 18.2 Å². The van der Waals surface area contributed by atoms with E-state index >= 15 is 0 Å². The minimum Gasteiger partial charge on any atom is -0.375 e. The Hall–Kier alpha value is -1.16. The molecule has 0 N–H and O–H groups in total. The van der Waals surface area contributed by atoms with Crippen LogP contribution in [0.5, 0.6) is 0 Å². The van der Waals surface area contributed by atoms with Gasteiger partial charge >= 0.3 is 0 Å². The number of morpholine rings is 1. The lowest BCUT2D eigenvalue weighted by Gasteiger charge is -2.33. The van der Waals surface area contributed by atoms with Gasteiger partial charge in [0.25, 0.3) is 0 Å². The van der Waals surface area contributed by atoms with Crippen molar-refractivity contribution in [3.63, 3.8) is 0 Å². The smallest absolute Gasteiger partial charge is 0.146 e. The molecule has 1 aliphatic rings. The number of anilines is 1. The molecule has 2 nitrogen and oxygen atoms in total. The Morgan fingerprint density at radius 1 is 1.40 bits per heavy atom. The van der Waals surface area contributed by atoms with Crippen LogP contribution in [-0.2, 0) is 4.74 Å². The average Bonchev–Trinajstić information content (AvgIpc) is 2.22. The van der Waals surface area contributed by atoms with Gasteiger partial charge in [-0.15, -0.1) is 0 Å². The van der Waals surface area contributed by atoms with Crippen LogP contribution in [0.25, 0.3) is 0 Å². The molecule has 82 valence electrons. The highest BCUT2D eigenvalue weighted by atomic mass is 19.1. The Labute approximate surface area is 87.5 Å². The second-order valence-electron chi connectivity index (χ2n) is 3.72. The number of hydrogen-bond acceptors (Lipinski definition) is 2. The third-order valence-corrected chi connectivity index (χ3v) is 2.49. The van der Waals surface area contributed by atoms with Gasteiger partial charge in [-0.3, -0.25) is 0 Å². The molecule has 1 unspecified atom stereocenters. The molecule has 0 spiro atoms. The maximum atomic E-state index is 13.4. The molecular weight excluding hydrogens is 200 g/mol. The van der Waals surface area contributed by atoms with Crippen molar-refractivity contribution in [2.45, 2.75) is 13.0 Å². The zero-order chi connectivity index (χ0) is 10.8. The molecule has 0 bridgehead atoms. The number of halogens is 2. The summed E-state index contributed by atoms with van der Waals surface area (Å²) in [6, 6.07) is 3.51. The third kappa shape index (κ3) is 2.26. The second-order valence-corrected chi connectivity index (χ2v) is 3.72. The summed E-state index contributed by atoms with van der Waals surface area (Å²) in [6.45, 7) is 3.67. The molecule has 15 heavy (non-hydrogen) atoms. The second kappa shape index (κ2) is 4.14. The minimum absolute atomic E-state index is 0.0569. The summed E-state index contributed by atoms with van der Waals surface area (Å²) in [6.07, 6.45) is 0.0569. The van der Waals surface area contributed by atoms with Crippen LogP contribution in [0.4, 0.5) is 14.5 Å². The highest BCUT2D eigenvalue weighted by Gasteiger charge is 2.19. The van der Waals surface area contributed by atoms with Gasteiger partial charge in [0.15, 0.2) is 0 Å². The van der Waals surface area contributed by atoms with E-state index < -0.39 is 5.82 Å². The maximum Gasteiger partial charge on any atom is 0.146 e. The molecule has 1 aromatic carbocycles. The van der Waals surface area contributed by atoms with Crippen molar-refractivity contribution in [2.24, 2.45) is 0 Å². The SMILES string of the molecule is CC1CN(c2cc(F)ccc2F)CCO1. The van der Waals surface area contributed by atoms with Gasteiger partial charge < -0.3 is 9.64 Å². The summed E-state index contributed by atoms with van der Waals surface area (Å²) in [4.78, 5) is 1.81. The number of benzene rings is 1. The molecule has 1 heterocycles. The Bertz CT molecular complexity index is 356. The molecule has 4 heteroatoms. The van der Waals surface area contributed by atoms with Gasteiger partial charge in [-0.25, -0.2) is 8.78 Å². The lowest BCUT2D eigenvalue weighted by molar-refractivity contribution is 0.0530. The minimum atomic E-state index is -0.412. The van der Waals surface area contributed by atoms with Crippen LogP contribution in [0.3, 0.4) is 0 Å². The first-order chi connectivity index (χ1) is 7.16. The summed E-state index contributed by atoms with van der Waals surface area (Å²) >= 11 is 0. The number of nitrogens with zero attached hydrogens (tertiary/aromatic N) is 1. The Balaban J connectivity index is 2.24. The molecule has 1 aromatic rings. The largest absolute Gasteiger partial charge is 0.375 e. The average molecular weight is 213 g/mol. The normalized spacial score (nSPS) is 21.8. The number of ether oxygens (including phenoxy) is 1. The Morgan fingerprint density at radius 2 is 2.20 bits per heavy atom. The van der Waals surface area contributed by atoms with E-state index in [1.807, 2.05) is 11.8 Å². The monoisotopic (exact) mass is 213 g/mol. The Kier molecular flexibility index (Phi) is 2.86. The first-order valence-corrected chi connectivity index (χ1v) is 4.98. The molecule has 0 aromatic heterocycles. The van der Waals surface area contributed by atoms with Gasteiger partial charge in [0.2, 0.25) is 0 Å². The molecule has 2 rings (SSSR count). The predicted molar refractivity (Wildman–Crippen MR) is 54.0 cm³/mol. The molecule has 1 aliphatic heterocycles. The molecule has 1 fully saturated rings. The van der Waals surface area contributed by atoms with Crippen molar-refractivity contribution >= 4 is 5.69 Å². The first kappa shape index (κ1) is 10.4. The molecule has 1 saturated heterocycles. The van der Waals surface area contributed by atoms with Crippen LogP contribution in [-0.4, -0.2) is 25.8 Å². The number of hydrogen-bond donors (Lipinski definition) is 0. The summed E-state index contributed by atoms with van der Waals surface area (Å²) < 4.78 is 31.7. The topological polar surface area (TPSA) is 12.5 Å². The lowest BCUT2D eigenvalue weighted by Crippen LogP contribution is -2.41. The quantitative estimate of drug-likeness (QED) is 0.709. The van der Waals surface area contributed by atoms with Crippen LogP contribution < -0.4 is 4.90 Å². The van der Waals surface area contributed by atoms with E-state index in [-0.39, 0.29) is 11.9 Å². The van der Waals surface area contributed by atoms with Gasteiger partial charge in [-0.1, -0.05) is 0 Å². The first-order valence-electron chi connectivity index (χ1n) is 4.98. The van der Waals surface area contributed by atoms with Gasteiger partial charge in [0.05, 0.1) is 18.4 Å². The molecule has 1 atom stereocenters. The van der Waals surface area contributed by atoms with Crippen molar-refractivity contribution in [3.8, 4) is 0 Å². The fraction of sp³-hybridized carbons (Fsp3) is 0.455. The molecule has 0 aliphatic carbocycles. The van der Waals surface area contributed by atoms with E-state index in [4.69, 9.17) is 4.74 Å². The highest BCUT2D eigenvalue weighted by molar-refractivity contribution is 5.48. The lowest BCUT2D eigenvalue weighted by atomic mass is 10.2. The van der Waals surface area contributed by atoms with Crippen LogP contribution >= 0.6 is 0 Å². The Morgan fingerprint density at radius 3 is 2.93 bits per heavy atom. The summed E-state index contributed by atoms with van der Waals surface area (Å²) in [5.74, 6) is -0.795. The molecule has 0 saturated carbocycles. The molecular formula is C11H13F2NO.